The standard InChI is InChI=1S/C46H50N4O10S.C45H51N3O11S.2CH4/c1-9-13-55-33-17-26-11-12-48-46(28(26)18-32(33)53-7)21-61-44-36-35(43-41(58-22-59-43)24(4)40(36)60-25(5)51)31(20-57-45(46)52)50-30(19-47)29-16-27-15-23(3)39(54-8)42(56-14-10-2)34(27)37(38(44)50)49(29)6;1-9-13-54-31-17-25-11-12-46-45(27(25)18-30(31)52-7)20-60-42-34-33(41-39(57-21-58-41)23(4)38(34)59-24(5)49)29(19-56-44(45)51)48-36(42)35-32-26(16-28(43(48)50)47(35)6)15-22(3)37(53-8)40(32)55-14-10-2;;/h9-10,15,17-18,29-31,37-38,44,48H,1-2,11-14,16,20-22H2,3-8H3;9-10,15,17-18,28-29,35-36,42-43,46,50H,1-2,11-14,16,19-21H2,3-8H3;2*1H4/t29-,30-,31-,37+,38?,44+,46+;28-,29-,35+,36?,42+,43-,45+;;/m00../s1. The summed E-state index contributed by atoms with van der Waals surface area (Å²) in [5, 5.41) is 30.2. The number of benzene rings is 6. The van der Waals surface area contributed by atoms with Crippen molar-refractivity contribution >= 4 is 47.4 Å². The molecular formula is C93H109N7O21S2. The summed E-state index contributed by atoms with van der Waals surface area (Å²) in [6, 6.07) is 10.2. The lowest BCUT2D eigenvalue weighted by Crippen LogP contribution is -2.70. The second kappa shape index (κ2) is 34.7. The summed E-state index contributed by atoms with van der Waals surface area (Å²) < 4.78 is 99.2. The predicted molar refractivity (Wildman–Crippen MR) is 462 cm³/mol. The van der Waals surface area contributed by atoms with Gasteiger partial charge in [-0.25, -0.2) is 9.59 Å². The van der Waals surface area contributed by atoms with E-state index in [-0.39, 0.29) is 104 Å². The zero-order valence-corrected chi connectivity index (χ0v) is 71.6. The zero-order valence-electron chi connectivity index (χ0n) is 70.0. The molecule has 4 saturated heterocycles. The first-order valence-electron chi connectivity index (χ1n) is 40.7. The van der Waals surface area contributed by atoms with Gasteiger partial charge in [0.25, 0.3) is 0 Å². The minimum absolute atomic E-state index is 0. The number of esters is 4. The molecule has 30 heteroatoms. The van der Waals surface area contributed by atoms with Crippen molar-refractivity contribution in [2.75, 3.05) is 120 Å². The smallest absolute Gasteiger partial charge is 0.331 e. The SMILES string of the molecule is C.C.C=CCOc1cc2c(cc1OC)[C@@]1(CS[C@@H]3c4c(OC(C)=O)c(C)c5c(c4[C@H](COC1=O)N1C3[C@H]3c4c(cc(C)c(OC)c4OCC=C)C[C@@H]([C@@H]1C#N)N3C)OCO5)NCC2.C=CCOc1cc2c(cc1OC)[C@@]1(CS[C@@H]3c4c(OC(C)=O)c(C)c5c(c4[C@H](COC1=O)N1C3[C@H]3c4c(cc(C)c(OC)c4OCC=C)C[C@@H]([C@@H]1O)N3C)OCO5)NCC2. The van der Waals surface area contributed by atoms with Gasteiger partial charge in [-0.1, -0.05) is 77.6 Å². The van der Waals surface area contributed by atoms with Crippen LogP contribution in [0, 0.1) is 39.0 Å². The van der Waals surface area contributed by atoms with Crippen LogP contribution in [0.25, 0.3) is 0 Å². The number of carbonyl (C=O) groups is 4. The molecular weight excluding hydrogens is 1620 g/mol. The molecule has 14 aliphatic heterocycles. The minimum Gasteiger partial charge on any atom is -0.493 e. The highest BCUT2D eigenvalue weighted by molar-refractivity contribution is 7.99. The maximum atomic E-state index is 15.0. The van der Waals surface area contributed by atoms with Crippen molar-refractivity contribution < 1.29 is 100 Å². The van der Waals surface area contributed by atoms with E-state index in [4.69, 9.17) is 75.8 Å². The Labute approximate surface area is 726 Å². The molecule has 0 aromatic heterocycles. The highest BCUT2D eigenvalue weighted by Crippen LogP contribution is 2.68. The van der Waals surface area contributed by atoms with Crippen molar-refractivity contribution in [2.24, 2.45) is 0 Å². The summed E-state index contributed by atoms with van der Waals surface area (Å²) in [6.45, 7) is 27.6. The number of nitrogens with one attached hydrogen (secondary N) is 2. The molecule has 14 aliphatic rings. The van der Waals surface area contributed by atoms with Crippen molar-refractivity contribution in [1.82, 2.24) is 30.2 Å². The number of aliphatic hydroxyl groups is 1. The number of ether oxygens (including phenoxy) is 16. The number of fused-ring (bicyclic) bond motifs is 18. The van der Waals surface area contributed by atoms with Crippen molar-refractivity contribution in [3.8, 4) is 86.6 Å². The monoisotopic (exact) mass is 1720 g/mol. The van der Waals surface area contributed by atoms with E-state index in [0.29, 0.717) is 142 Å². The van der Waals surface area contributed by atoms with Gasteiger partial charge in [-0.15, -0.1) is 23.5 Å². The van der Waals surface area contributed by atoms with E-state index in [0.717, 1.165) is 66.8 Å². The number of likely N-dealkylation sites (N-methyl/N-ethyl adjacent to an activating group) is 2. The number of nitrogens with zero attached hydrogens (tertiary/aromatic N) is 5. The van der Waals surface area contributed by atoms with Gasteiger partial charge in [0.2, 0.25) is 13.6 Å². The van der Waals surface area contributed by atoms with Gasteiger partial charge in [0, 0.05) is 101 Å². The number of hydrogen-bond acceptors (Lipinski definition) is 30. The summed E-state index contributed by atoms with van der Waals surface area (Å²) in [6.07, 6.45) is 8.11. The Kier molecular flexibility index (Phi) is 24.7. The second-order valence-electron chi connectivity index (χ2n) is 32.3. The van der Waals surface area contributed by atoms with E-state index < -0.39 is 81.9 Å². The molecule has 4 fully saturated rings. The molecule has 3 N–H and O–H groups in total. The molecule has 0 saturated carbocycles. The topological polar surface area (TPSA) is 297 Å². The third-order valence-electron chi connectivity index (χ3n) is 26.0. The molecule has 2 spiro atoms. The van der Waals surface area contributed by atoms with Crippen LogP contribution in [0.2, 0.25) is 0 Å². The lowest BCUT2D eigenvalue weighted by molar-refractivity contribution is -0.186. The van der Waals surface area contributed by atoms with Crippen molar-refractivity contribution in [3.05, 3.63) is 176 Å². The molecule has 2 unspecified atom stereocenters. The summed E-state index contributed by atoms with van der Waals surface area (Å²) in [5.74, 6) is 5.67. The summed E-state index contributed by atoms with van der Waals surface area (Å²) >= 11 is 3.10. The summed E-state index contributed by atoms with van der Waals surface area (Å²) in [5.41, 5.74) is 10.6. The van der Waals surface area contributed by atoms with Crippen LogP contribution in [0.1, 0.15) is 152 Å². The maximum Gasteiger partial charge on any atom is 0.331 e. The van der Waals surface area contributed by atoms with E-state index in [2.05, 4.69) is 81.8 Å². The molecule has 0 amide bonds. The average molecular weight is 1730 g/mol. The number of piperazine rings is 2. The van der Waals surface area contributed by atoms with Crippen LogP contribution in [0.15, 0.2) is 87.0 Å². The molecule has 14 atom stereocenters. The fraction of sp³-hybridized carbons (Fsp3) is 0.473. The van der Waals surface area contributed by atoms with Gasteiger partial charge < -0.3 is 80.9 Å². The molecule has 20 rings (SSSR count). The van der Waals surface area contributed by atoms with Crippen LogP contribution in [-0.2, 0) is 65.4 Å². The first-order chi connectivity index (χ1) is 58.5. The molecule has 0 radical (unpaired) electrons. The van der Waals surface area contributed by atoms with Gasteiger partial charge in [0.15, 0.2) is 80.1 Å². The molecule has 8 bridgehead atoms. The molecule has 14 heterocycles. The van der Waals surface area contributed by atoms with E-state index in [1.165, 1.54) is 13.8 Å². The first kappa shape index (κ1) is 87.6. The third-order valence-corrected chi connectivity index (χ3v) is 29.0. The molecule has 0 aliphatic carbocycles. The van der Waals surface area contributed by atoms with Gasteiger partial charge in [-0.2, -0.15) is 5.26 Å². The van der Waals surface area contributed by atoms with Gasteiger partial charge in [0.05, 0.1) is 75.2 Å². The second-order valence-corrected chi connectivity index (χ2v) is 34.6. The van der Waals surface area contributed by atoms with Gasteiger partial charge in [0.1, 0.15) is 63.4 Å². The maximum absolute atomic E-state index is 15.0. The molecule has 123 heavy (non-hydrogen) atoms. The predicted octanol–water partition coefficient (Wildman–Crippen LogP) is 12.1. The number of hydrogen-bond donors (Lipinski definition) is 3. The Hall–Kier alpha value is -10.3. The molecule has 6 aromatic rings. The van der Waals surface area contributed by atoms with Gasteiger partial charge in [-0.3, -0.25) is 39.8 Å². The fourth-order valence-corrected chi connectivity index (χ4v) is 24.6. The highest BCUT2D eigenvalue weighted by Gasteiger charge is 2.65. The number of thioether (sulfide) groups is 2. The van der Waals surface area contributed by atoms with Crippen LogP contribution < -0.4 is 76.9 Å². The third kappa shape index (κ3) is 13.8. The van der Waals surface area contributed by atoms with Crippen LogP contribution in [0.3, 0.4) is 0 Å². The van der Waals surface area contributed by atoms with E-state index in [1.54, 1.807) is 76.3 Å². The van der Waals surface area contributed by atoms with Crippen molar-refractivity contribution in [3.63, 3.8) is 0 Å². The lowest BCUT2D eigenvalue weighted by Gasteiger charge is -2.62. The number of nitriles is 1. The summed E-state index contributed by atoms with van der Waals surface area (Å²) in [4.78, 5) is 65.1. The lowest BCUT2D eigenvalue weighted by atomic mass is 9.71. The number of aliphatic hydroxyl groups excluding tert-OH is 1. The molecule has 28 nitrogen and oxygen atoms in total. The van der Waals surface area contributed by atoms with Crippen molar-refractivity contribution in [2.45, 2.75) is 164 Å². The normalized spacial score (nSPS) is 26.8. The number of carbonyl (C=O) groups excluding carboxylic acids is 4. The van der Waals surface area contributed by atoms with Crippen molar-refractivity contribution in [1.29, 1.82) is 5.26 Å². The van der Waals surface area contributed by atoms with Crippen LogP contribution >= 0.6 is 23.5 Å². The van der Waals surface area contributed by atoms with Gasteiger partial charge in [-0.05, 0) is 136 Å². The van der Waals surface area contributed by atoms with Crippen LogP contribution in [0.4, 0.5) is 0 Å². The van der Waals surface area contributed by atoms with Crippen LogP contribution in [-0.4, -0.2) is 205 Å². The van der Waals surface area contributed by atoms with E-state index in [9.17, 15) is 24.8 Å². The Balaban J connectivity index is 0.000000188. The number of methoxy groups -OCH3 is 4. The summed E-state index contributed by atoms with van der Waals surface area (Å²) in [7, 11) is 10.5. The number of aryl methyl sites for hydroxylation is 2. The van der Waals surface area contributed by atoms with Crippen LogP contribution in [0.5, 0.6) is 80.5 Å². The minimum atomic E-state index is -1.32. The largest absolute Gasteiger partial charge is 0.493 e. The number of rotatable bonds is 18. The molecule has 6 aromatic carbocycles. The quantitative estimate of drug-likeness (QED) is 0.0409. The van der Waals surface area contributed by atoms with Gasteiger partial charge >= 0.3 is 23.9 Å². The highest BCUT2D eigenvalue weighted by atomic mass is 32.2. The Morgan fingerprint density at radius 3 is 1.35 bits per heavy atom. The zero-order chi connectivity index (χ0) is 85.1. The van der Waals surface area contributed by atoms with E-state index in [1.807, 2.05) is 59.0 Å². The fourth-order valence-electron chi connectivity index (χ4n) is 21.2. The Morgan fingerprint density at radius 1 is 0.528 bits per heavy atom. The molecule has 654 valence electrons. The van der Waals surface area contributed by atoms with E-state index >= 15 is 4.79 Å². The average Bonchev–Trinajstić information content (AvgIpc) is 1.60. The Bertz CT molecular complexity index is 5340. The first-order valence-corrected chi connectivity index (χ1v) is 42.8. The Morgan fingerprint density at radius 2 is 0.935 bits per heavy atom.